The maximum Gasteiger partial charge on any atom is 0.303 e. The highest BCUT2D eigenvalue weighted by molar-refractivity contribution is 5.86. The van der Waals surface area contributed by atoms with E-state index in [1.807, 2.05) is 0 Å². The number of hydrogen-bond acceptors (Lipinski definition) is 5. The summed E-state index contributed by atoms with van der Waals surface area (Å²) in [4.78, 5) is 44.3. The van der Waals surface area contributed by atoms with Gasteiger partial charge in [-0.05, 0) is 18.8 Å². The fraction of sp³-hybridized carbons (Fsp3) is 0.714. The molecule has 0 radical (unpaired) electrons. The minimum absolute atomic E-state index is 0.00172. The monoisotopic (exact) mass is 300 g/mol. The maximum atomic E-state index is 11.8. The molecule has 0 heterocycles. The van der Waals surface area contributed by atoms with Gasteiger partial charge in [-0.1, -0.05) is 0 Å². The molecular weight excluding hydrogens is 280 g/mol. The van der Waals surface area contributed by atoms with Crippen molar-refractivity contribution in [2.75, 3.05) is 0 Å². The summed E-state index contributed by atoms with van der Waals surface area (Å²) in [5, 5.41) is 27.0. The van der Waals surface area contributed by atoms with Crippen molar-refractivity contribution >= 4 is 23.5 Å². The number of ketones is 2. The fourth-order valence-corrected chi connectivity index (χ4v) is 2.76. The Hall–Kier alpha value is -1.76. The van der Waals surface area contributed by atoms with Crippen LogP contribution in [0.15, 0.2) is 0 Å². The Morgan fingerprint density at radius 3 is 2.14 bits per heavy atom. The van der Waals surface area contributed by atoms with E-state index in [2.05, 4.69) is 0 Å². The van der Waals surface area contributed by atoms with Crippen LogP contribution < -0.4 is 0 Å². The summed E-state index contributed by atoms with van der Waals surface area (Å²) in [6.07, 6.45) is -0.747. The van der Waals surface area contributed by atoms with Gasteiger partial charge < -0.3 is 15.3 Å². The summed E-state index contributed by atoms with van der Waals surface area (Å²) in [5.74, 6) is -3.35. The van der Waals surface area contributed by atoms with Crippen LogP contribution in [0.2, 0.25) is 0 Å². The zero-order chi connectivity index (χ0) is 16.0. The molecule has 0 saturated heterocycles. The number of carbonyl (C=O) groups excluding carboxylic acids is 2. The molecule has 0 unspecified atom stereocenters. The molecule has 1 fully saturated rings. The van der Waals surface area contributed by atoms with E-state index in [9.17, 15) is 24.3 Å². The lowest BCUT2D eigenvalue weighted by atomic mass is 9.86. The number of hydrogen-bond donors (Lipinski definition) is 3. The molecule has 1 aliphatic rings. The second-order valence-electron chi connectivity index (χ2n) is 5.41. The van der Waals surface area contributed by atoms with Crippen LogP contribution in [0.3, 0.4) is 0 Å². The van der Waals surface area contributed by atoms with Gasteiger partial charge >= 0.3 is 11.9 Å². The molecule has 0 amide bonds. The van der Waals surface area contributed by atoms with Crippen LogP contribution >= 0.6 is 0 Å². The van der Waals surface area contributed by atoms with Crippen LogP contribution in [0.5, 0.6) is 0 Å². The number of carboxylic acids is 2. The molecule has 1 aliphatic carbocycles. The Labute approximate surface area is 122 Å². The minimum Gasteiger partial charge on any atom is -0.481 e. The summed E-state index contributed by atoms with van der Waals surface area (Å²) >= 11 is 0. The Kier molecular flexibility index (Phi) is 6.48. The van der Waals surface area contributed by atoms with Crippen LogP contribution in [-0.2, 0) is 19.2 Å². The van der Waals surface area contributed by atoms with Gasteiger partial charge in [0.05, 0.1) is 12.5 Å². The highest BCUT2D eigenvalue weighted by Gasteiger charge is 2.41. The van der Waals surface area contributed by atoms with Gasteiger partial charge in [0.15, 0.2) is 0 Å². The molecule has 7 nitrogen and oxygen atoms in total. The molecule has 3 atom stereocenters. The van der Waals surface area contributed by atoms with E-state index in [-0.39, 0.29) is 56.5 Å². The zero-order valence-corrected chi connectivity index (χ0v) is 11.7. The number of aliphatic carboxylic acids is 2. The minimum atomic E-state index is -1.05. The van der Waals surface area contributed by atoms with Gasteiger partial charge in [0.1, 0.15) is 11.6 Å². The number of carboxylic acid groups (broad SMARTS) is 2. The van der Waals surface area contributed by atoms with Gasteiger partial charge in [-0.25, -0.2) is 0 Å². The third kappa shape index (κ3) is 5.63. The predicted molar refractivity (Wildman–Crippen MR) is 70.6 cm³/mol. The summed E-state index contributed by atoms with van der Waals surface area (Å²) in [5.41, 5.74) is 0. The first-order valence-electron chi connectivity index (χ1n) is 6.97. The van der Waals surface area contributed by atoms with Crippen LogP contribution in [0.4, 0.5) is 0 Å². The van der Waals surface area contributed by atoms with E-state index in [0.29, 0.717) is 0 Å². The molecule has 7 heteroatoms. The molecule has 0 aromatic rings. The van der Waals surface area contributed by atoms with Gasteiger partial charge in [-0.3, -0.25) is 19.2 Å². The van der Waals surface area contributed by atoms with E-state index < -0.39 is 29.9 Å². The molecule has 1 saturated carbocycles. The topological polar surface area (TPSA) is 129 Å². The van der Waals surface area contributed by atoms with E-state index in [1.165, 1.54) is 0 Å². The van der Waals surface area contributed by atoms with E-state index in [4.69, 9.17) is 10.2 Å². The number of rotatable bonds is 9. The third-order valence-corrected chi connectivity index (χ3v) is 3.88. The first kappa shape index (κ1) is 17.3. The molecule has 1 rings (SSSR count). The van der Waals surface area contributed by atoms with Gasteiger partial charge in [-0.15, -0.1) is 0 Å². The fourth-order valence-electron chi connectivity index (χ4n) is 2.76. The molecule has 21 heavy (non-hydrogen) atoms. The van der Waals surface area contributed by atoms with Crippen LogP contribution in [-0.4, -0.2) is 44.9 Å². The van der Waals surface area contributed by atoms with E-state index >= 15 is 0 Å². The molecule has 3 N–H and O–H groups in total. The smallest absolute Gasteiger partial charge is 0.303 e. The zero-order valence-electron chi connectivity index (χ0n) is 11.7. The average Bonchev–Trinajstić information content (AvgIpc) is 2.65. The summed E-state index contributed by atoms with van der Waals surface area (Å²) in [6, 6.07) is 0. The van der Waals surface area contributed by atoms with Gasteiger partial charge in [0, 0.05) is 31.6 Å². The molecule has 0 spiro atoms. The van der Waals surface area contributed by atoms with E-state index in [0.717, 1.165) is 0 Å². The van der Waals surface area contributed by atoms with Crippen LogP contribution in [0.25, 0.3) is 0 Å². The van der Waals surface area contributed by atoms with Crippen molar-refractivity contribution < 1.29 is 34.5 Å². The highest BCUT2D eigenvalue weighted by Crippen LogP contribution is 2.35. The van der Waals surface area contributed by atoms with Crippen molar-refractivity contribution in [1.82, 2.24) is 0 Å². The first-order valence-corrected chi connectivity index (χ1v) is 6.97. The highest BCUT2D eigenvalue weighted by atomic mass is 16.4. The Morgan fingerprint density at radius 1 is 0.952 bits per heavy atom. The second-order valence-corrected chi connectivity index (χ2v) is 5.41. The second kappa shape index (κ2) is 7.87. The van der Waals surface area contributed by atoms with Crippen molar-refractivity contribution in [3.63, 3.8) is 0 Å². The Balaban J connectivity index is 2.49. The summed E-state index contributed by atoms with van der Waals surface area (Å²) in [7, 11) is 0. The van der Waals surface area contributed by atoms with Gasteiger partial charge in [0.2, 0.25) is 0 Å². The largest absolute Gasteiger partial charge is 0.481 e. The van der Waals surface area contributed by atoms with Gasteiger partial charge in [0.25, 0.3) is 0 Å². The van der Waals surface area contributed by atoms with Crippen molar-refractivity contribution in [2.45, 2.75) is 51.0 Å². The molecular formula is C14H20O7. The number of aliphatic hydroxyl groups excluding tert-OH is 1. The quantitative estimate of drug-likeness (QED) is 0.569. The van der Waals surface area contributed by atoms with Gasteiger partial charge in [-0.2, -0.15) is 0 Å². The standard InChI is InChI=1S/C14H20O7/c15-8(2-5-13(18)19)1-3-9-10(4-6-14(20)21)12(17)7-11(9)16/h9-10,12,17H,1-7H2,(H,18,19)(H,20,21)/t9-,10-,12-/m1/s1. The molecule has 0 aromatic carbocycles. The Morgan fingerprint density at radius 2 is 1.57 bits per heavy atom. The number of Topliss-reactive ketones (excluding diaryl/α,β-unsaturated/α-hetero) is 2. The molecule has 0 aromatic heterocycles. The van der Waals surface area contributed by atoms with Crippen molar-refractivity contribution in [1.29, 1.82) is 0 Å². The number of aliphatic hydroxyl groups is 1. The maximum absolute atomic E-state index is 11.8. The first-order chi connectivity index (χ1) is 9.81. The lowest BCUT2D eigenvalue weighted by Gasteiger charge is -2.19. The predicted octanol–water partition coefficient (Wildman–Crippen LogP) is 0.631. The number of carbonyl (C=O) groups is 4. The Bertz CT molecular complexity index is 429. The van der Waals surface area contributed by atoms with E-state index in [1.54, 1.807) is 0 Å². The normalized spacial score (nSPS) is 25.0. The lowest BCUT2D eigenvalue weighted by molar-refractivity contribution is -0.138. The van der Waals surface area contributed by atoms with Crippen molar-refractivity contribution in [3.05, 3.63) is 0 Å². The van der Waals surface area contributed by atoms with Crippen LogP contribution in [0.1, 0.15) is 44.9 Å². The average molecular weight is 300 g/mol. The molecule has 0 aliphatic heterocycles. The SMILES string of the molecule is O=C(O)CCC(=O)CC[C@H]1C(=O)C[C@@H](O)[C@@H]1CCC(=O)O. The lowest BCUT2D eigenvalue weighted by Crippen LogP contribution is -2.22. The van der Waals surface area contributed by atoms with Crippen molar-refractivity contribution in [2.24, 2.45) is 11.8 Å². The summed E-state index contributed by atoms with van der Waals surface area (Å²) in [6.45, 7) is 0. The third-order valence-electron chi connectivity index (χ3n) is 3.88. The van der Waals surface area contributed by atoms with Crippen molar-refractivity contribution in [3.8, 4) is 0 Å². The molecule has 0 bridgehead atoms. The van der Waals surface area contributed by atoms with Crippen LogP contribution in [0, 0.1) is 11.8 Å². The summed E-state index contributed by atoms with van der Waals surface area (Å²) < 4.78 is 0. The molecule has 118 valence electrons.